The summed E-state index contributed by atoms with van der Waals surface area (Å²) in [6.45, 7) is 4.07. The van der Waals surface area contributed by atoms with E-state index in [0.717, 1.165) is 34.4 Å². The van der Waals surface area contributed by atoms with Gasteiger partial charge in [0.15, 0.2) is 0 Å². The van der Waals surface area contributed by atoms with Gasteiger partial charge in [-0.05, 0) is 38.0 Å². The number of halogens is 1. The molecule has 0 fully saturated rings. The number of aromatic nitrogens is 2. The third-order valence-corrected chi connectivity index (χ3v) is 3.32. The van der Waals surface area contributed by atoms with Crippen molar-refractivity contribution >= 4 is 15.9 Å². The first kappa shape index (κ1) is 13.3. The van der Waals surface area contributed by atoms with Crippen molar-refractivity contribution < 1.29 is 0 Å². The molecule has 0 amide bonds. The highest BCUT2D eigenvalue weighted by Gasteiger charge is 2.12. The molecule has 0 radical (unpaired) electrons. The van der Waals surface area contributed by atoms with Crippen LogP contribution in [0.3, 0.4) is 0 Å². The van der Waals surface area contributed by atoms with Crippen LogP contribution < -0.4 is 5.73 Å². The summed E-state index contributed by atoms with van der Waals surface area (Å²) < 4.78 is 1.08. The number of imidazole rings is 1. The van der Waals surface area contributed by atoms with Gasteiger partial charge in [-0.2, -0.15) is 0 Å². The summed E-state index contributed by atoms with van der Waals surface area (Å²) >= 11 is 3.43. The first-order chi connectivity index (χ1) is 8.44. The summed E-state index contributed by atoms with van der Waals surface area (Å²) in [4.78, 5) is 7.73. The molecule has 0 aliphatic heterocycles. The van der Waals surface area contributed by atoms with E-state index >= 15 is 0 Å². The van der Waals surface area contributed by atoms with E-state index in [0.29, 0.717) is 0 Å². The van der Waals surface area contributed by atoms with Crippen LogP contribution in [0.25, 0.3) is 11.3 Å². The number of aromatic amines is 1. The number of nitrogens with one attached hydrogen (secondary N) is 1. The van der Waals surface area contributed by atoms with E-state index in [4.69, 9.17) is 5.73 Å². The molecule has 0 bridgehead atoms. The van der Waals surface area contributed by atoms with Gasteiger partial charge >= 0.3 is 0 Å². The number of benzene rings is 1. The van der Waals surface area contributed by atoms with Crippen LogP contribution in [0.15, 0.2) is 34.9 Å². The van der Waals surface area contributed by atoms with Gasteiger partial charge < -0.3 is 10.7 Å². The van der Waals surface area contributed by atoms with E-state index in [1.54, 1.807) is 0 Å². The number of rotatable bonds is 4. The normalized spacial score (nSPS) is 11.8. The van der Waals surface area contributed by atoms with Crippen molar-refractivity contribution in [2.24, 2.45) is 5.73 Å². The van der Waals surface area contributed by atoms with Crippen LogP contribution in [0.2, 0.25) is 0 Å². The SMILES string of the molecule is CC(C)(N)CCc1ncc(-c2ccc(Br)cc2)[nH]1. The van der Waals surface area contributed by atoms with Crippen molar-refractivity contribution in [2.75, 3.05) is 0 Å². The highest BCUT2D eigenvalue weighted by Crippen LogP contribution is 2.20. The van der Waals surface area contributed by atoms with Gasteiger partial charge in [0.2, 0.25) is 0 Å². The van der Waals surface area contributed by atoms with Gasteiger partial charge in [-0.15, -0.1) is 0 Å². The summed E-state index contributed by atoms with van der Waals surface area (Å²) in [7, 11) is 0. The van der Waals surface area contributed by atoms with E-state index in [1.165, 1.54) is 0 Å². The van der Waals surface area contributed by atoms with Crippen molar-refractivity contribution in [1.82, 2.24) is 9.97 Å². The molecule has 1 aromatic carbocycles. The molecule has 0 saturated carbocycles. The van der Waals surface area contributed by atoms with Gasteiger partial charge in [-0.25, -0.2) is 4.98 Å². The van der Waals surface area contributed by atoms with Crippen molar-refractivity contribution in [3.63, 3.8) is 0 Å². The number of nitrogens with zero attached hydrogens (tertiary/aromatic N) is 1. The zero-order valence-electron chi connectivity index (χ0n) is 10.7. The Bertz CT molecular complexity index is 509. The highest BCUT2D eigenvalue weighted by molar-refractivity contribution is 9.10. The molecule has 2 aromatic rings. The molecule has 1 aromatic heterocycles. The summed E-state index contributed by atoms with van der Waals surface area (Å²) in [6.07, 6.45) is 3.67. The average Bonchev–Trinajstić information content (AvgIpc) is 2.75. The minimum atomic E-state index is -0.148. The maximum atomic E-state index is 5.97. The van der Waals surface area contributed by atoms with Crippen LogP contribution in [0, 0.1) is 0 Å². The van der Waals surface area contributed by atoms with Crippen molar-refractivity contribution in [3.8, 4) is 11.3 Å². The summed E-state index contributed by atoms with van der Waals surface area (Å²) in [6, 6.07) is 8.18. The second-order valence-corrected chi connectivity index (χ2v) is 6.15. The number of nitrogens with two attached hydrogens (primary N) is 1. The lowest BCUT2D eigenvalue weighted by molar-refractivity contribution is 0.472. The summed E-state index contributed by atoms with van der Waals surface area (Å²) in [5, 5.41) is 0. The maximum absolute atomic E-state index is 5.97. The summed E-state index contributed by atoms with van der Waals surface area (Å²) in [5.41, 5.74) is 8.01. The minimum absolute atomic E-state index is 0.148. The van der Waals surface area contributed by atoms with E-state index in [1.807, 2.05) is 32.2 Å². The molecule has 96 valence electrons. The molecule has 1 heterocycles. The van der Waals surface area contributed by atoms with Crippen LogP contribution in [0.4, 0.5) is 0 Å². The third kappa shape index (κ3) is 3.68. The molecule has 0 atom stereocenters. The van der Waals surface area contributed by atoms with Crippen LogP contribution in [-0.2, 0) is 6.42 Å². The molecular formula is C14H18BrN3. The van der Waals surface area contributed by atoms with Crippen LogP contribution in [-0.4, -0.2) is 15.5 Å². The zero-order chi connectivity index (χ0) is 13.2. The van der Waals surface area contributed by atoms with Crippen molar-refractivity contribution in [3.05, 3.63) is 40.8 Å². The fourth-order valence-electron chi connectivity index (χ4n) is 1.71. The monoisotopic (exact) mass is 307 g/mol. The molecule has 0 aliphatic carbocycles. The first-order valence-electron chi connectivity index (χ1n) is 6.03. The highest BCUT2D eigenvalue weighted by atomic mass is 79.9. The minimum Gasteiger partial charge on any atom is -0.342 e. The topological polar surface area (TPSA) is 54.7 Å². The van der Waals surface area contributed by atoms with Gasteiger partial charge in [0.05, 0.1) is 11.9 Å². The van der Waals surface area contributed by atoms with Crippen molar-refractivity contribution in [1.29, 1.82) is 0 Å². The van der Waals surface area contributed by atoms with Gasteiger partial charge in [0.1, 0.15) is 5.82 Å². The van der Waals surface area contributed by atoms with Gasteiger partial charge in [-0.3, -0.25) is 0 Å². The number of hydrogen-bond donors (Lipinski definition) is 2. The third-order valence-electron chi connectivity index (χ3n) is 2.79. The summed E-state index contributed by atoms with van der Waals surface area (Å²) in [5.74, 6) is 0.992. The molecule has 2 rings (SSSR count). The second-order valence-electron chi connectivity index (χ2n) is 5.24. The molecule has 0 spiro atoms. The fraction of sp³-hybridized carbons (Fsp3) is 0.357. The predicted molar refractivity (Wildman–Crippen MR) is 78.3 cm³/mol. The molecule has 0 aliphatic rings. The molecular weight excluding hydrogens is 290 g/mol. The Morgan fingerprint density at radius 1 is 1.28 bits per heavy atom. The quantitative estimate of drug-likeness (QED) is 0.908. The lowest BCUT2D eigenvalue weighted by Gasteiger charge is -2.16. The Labute approximate surface area is 116 Å². The predicted octanol–water partition coefficient (Wildman–Crippen LogP) is 3.51. The van der Waals surface area contributed by atoms with Crippen LogP contribution in [0.5, 0.6) is 0 Å². The number of hydrogen-bond acceptors (Lipinski definition) is 2. The van der Waals surface area contributed by atoms with E-state index < -0.39 is 0 Å². The number of H-pyrrole nitrogens is 1. The molecule has 4 heteroatoms. The largest absolute Gasteiger partial charge is 0.342 e. The molecule has 3 N–H and O–H groups in total. The Kier molecular flexibility index (Phi) is 3.88. The lowest BCUT2D eigenvalue weighted by atomic mass is 10.0. The van der Waals surface area contributed by atoms with Gasteiger partial charge in [0.25, 0.3) is 0 Å². The molecule has 0 unspecified atom stereocenters. The Balaban J connectivity index is 2.08. The first-order valence-corrected chi connectivity index (χ1v) is 6.82. The second kappa shape index (κ2) is 5.24. The Morgan fingerprint density at radius 2 is 1.94 bits per heavy atom. The van der Waals surface area contributed by atoms with Crippen LogP contribution >= 0.6 is 15.9 Å². The van der Waals surface area contributed by atoms with E-state index in [2.05, 4.69) is 38.0 Å². The van der Waals surface area contributed by atoms with E-state index in [9.17, 15) is 0 Å². The van der Waals surface area contributed by atoms with Crippen LogP contribution in [0.1, 0.15) is 26.1 Å². The average molecular weight is 308 g/mol. The molecule has 0 saturated heterocycles. The molecule has 18 heavy (non-hydrogen) atoms. The standard InChI is InChI=1S/C14H18BrN3/c1-14(2,16)8-7-13-17-9-12(18-13)10-3-5-11(15)6-4-10/h3-6,9H,7-8,16H2,1-2H3,(H,17,18). The lowest BCUT2D eigenvalue weighted by Crippen LogP contribution is -2.32. The van der Waals surface area contributed by atoms with E-state index in [-0.39, 0.29) is 5.54 Å². The van der Waals surface area contributed by atoms with Gasteiger partial charge in [0, 0.05) is 16.4 Å². The number of aryl methyl sites for hydroxylation is 1. The van der Waals surface area contributed by atoms with Gasteiger partial charge in [-0.1, -0.05) is 28.1 Å². The maximum Gasteiger partial charge on any atom is 0.106 e. The van der Waals surface area contributed by atoms with Crippen molar-refractivity contribution in [2.45, 2.75) is 32.2 Å². The zero-order valence-corrected chi connectivity index (χ0v) is 12.3. The fourth-order valence-corrected chi connectivity index (χ4v) is 1.97. The molecule has 3 nitrogen and oxygen atoms in total. The Morgan fingerprint density at radius 3 is 2.56 bits per heavy atom. The smallest absolute Gasteiger partial charge is 0.106 e. The Hall–Kier alpha value is -1.13.